The number of carbonyl (C=O) groups excluding carboxylic acids is 2. The molecular formula is C19H28N4O4. The van der Waals surface area contributed by atoms with Gasteiger partial charge >= 0.3 is 6.09 Å². The highest BCUT2D eigenvalue weighted by Gasteiger charge is 2.48. The van der Waals surface area contributed by atoms with Crippen LogP contribution in [0.4, 0.5) is 4.79 Å². The van der Waals surface area contributed by atoms with Gasteiger partial charge in [0.25, 0.3) is 5.56 Å². The molecule has 3 heterocycles. The molecule has 0 bridgehead atoms. The second-order valence-electron chi connectivity index (χ2n) is 7.70. The summed E-state index contributed by atoms with van der Waals surface area (Å²) in [6.07, 6.45) is 4.48. The molecule has 2 fully saturated rings. The van der Waals surface area contributed by atoms with Crippen molar-refractivity contribution in [3.05, 3.63) is 27.9 Å². The molecular weight excluding hydrogens is 348 g/mol. The second kappa shape index (κ2) is 7.70. The monoisotopic (exact) mass is 376 g/mol. The van der Waals surface area contributed by atoms with Crippen LogP contribution in [-0.4, -0.2) is 63.0 Å². The lowest BCUT2D eigenvalue weighted by Crippen LogP contribution is -2.49. The molecule has 1 aromatic rings. The number of aromatic amines is 1. The highest BCUT2D eigenvalue weighted by atomic mass is 16.6. The van der Waals surface area contributed by atoms with Crippen LogP contribution in [0.25, 0.3) is 0 Å². The van der Waals surface area contributed by atoms with Gasteiger partial charge in [0.2, 0.25) is 5.91 Å². The van der Waals surface area contributed by atoms with Crippen LogP contribution in [0.1, 0.15) is 50.9 Å². The van der Waals surface area contributed by atoms with Crippen molar-refractivity contribution in [2.75, 3.05) is 19.6 Å². The van der Waals surface area contributed by atoms with Gasteiger partial charge in [0.05, 0.1) is 13.0 Å². The van der Waals surface area contributed by atoms with Crippen molar-refractivity contribution in [2.24, 2.45) is 0 Å². The molecule has 8 nitrogen and oxygen atoms in total. The summed E-state index contributed by atoms with van der Waals surface area (Å²) < 4.78 is 5.73. The van der Waals surface area contributed by atoms with E-state index in [1.807, 2.05) is 4.90 Å². The standard InChI is InChI=1S/C19H28N4O4/c1-4-5-13(2)23-12-19(27-18(23)26)6-8-22(9-7-19)16(24)10-15-11-20-14(3)21-17(15)25/h11,13H,4-10,12H2,1-3H3,(H,20,21,25)/t13-/m1/s1. The third kappa shape index (κ3) is 4.14. The number of hydrogen-bond acceptors (Lipinski definition) is 5. The van der Waals surface area contributed by atoms with Crippen LogP contribution in [0, 0.1) is 6.92 Å². The van der Waals surface area contributed by atoms with Gasteiger partial charge in [0.15, 0.2) is 0 Å². The Kier molecular flexibility index (Phi) is 5.53. The first kappa shape index (κ1) is 19.4. The van der Waals surface area contributed by atoms with Crippen LogP contribution in [0.3, 0.4) is 0 Å². The lowest BCUT2D eigenvalue weighted by atomic mass is 9.90. The predicted molar refractivity (Wildman–Crippen MR) is 99.4 cm³/mol. The summed E-state index contributed by atoms with van der Waals surface area (Å²) in [6.45, 7) is 7.50. The fraction of sp³-hybridized carbons (Fsp3) is 0.684. The van der Waals surface area contributed by atoms with Crippen LogP contribution in [0.5, 0.6) is 0 Å². The van der Waals surface area contributed by atoms with Gasteiger partial charge in [-0.1, -0.05) is 13.3 Å². The fourth-order valence-electron chi connectivity index (χ4n) is 3.90. The smallest absolute Gasteiger partial charge is 0.410 e. The maximum atomic E-state index is 12.6. The van der Waals surface area contributed by atoms with E-state index < -0.39 is 5.60 Å². The van der Waals surface area contributed by atoms with Crippen molar-refractivity contribution in [3.8, 4) is 0 Å². The minimum absolute atomic E-state index is 0.0368. The fourth-order valence-corrected chi connectivity index (χ4v) is 3.90. The number of likely N-dealkylation sites (tertiary alicyclic amines) is 1. The molecule has 1 aromatic heterocycles. The maximum absolute atomic E-state index is 12.6. The van der Waals surface area contributed by atoms with Gasteiger partial charge < -0.3 is 19.5 Å². The number of H-pyrrole nitrogens is 1. The number of nitrogens with zero attached hydrogens (tertiary/aromatic N) is 3. The quantitative estimate of drug-likeness (QED) is 0.842. The molecule has 2 saturated heterocycles. The molecule has 2 aliphatic rings. The highest BCUT2D eigenvalue weighted by Crippen LogP contribution is 2.34. The summed E-state index contributed by atoms with van der Waals surface area (Å²) in [5, 5.41) is 0. The molecule has 3 rings (SSSR count). The van der Waals surface area contributed by atoms with E-state index in [1.165, 1.54) is 6.20 Å². The second-order valence-corrected chi connectivity index (χ2v) is 7.70. The predicted octanol–water partition coefficient (Wildman–Crippen LogP) is 1.62. The number of amides is 2. The first-order valence-corrected chi connectivity index (χ1v) is 9.66. The van der Waals surface area contributed by atoms with Gasteiger partial charge in [-0.3, -0.25) is 9.59 Å². The summed E-state index contributed by atoms with van der Waals surface area (Å²) in [5.41, 5.74) is -0.383. The summed E-state index contributed by atoms with van der Waals surface area (Å²) in [6, 6.07) is 0.169. The van der Waals surface area contributed by atoms with Gasteiger partial charge in [-0.25, -0.2) is 9.78 Å². The van der Waals surface area contributed by atoms with Crippen LogP contribution in [0.2, 0.25) is 0 Å². The maximum Gasteiger partial charge on any atom is 0.410 e. The average molecular weight is 376 g/mol. The summed E-state index contributed by atoms with van der Waals surface area (Å²) in [4.78, 5) is 47.0. The van der Waals surface area contributed by atoms with Gasteiger partial charge in [0, 0.05) is 43.7 Å². The Morgan fingerprint density at radius 2 is 2.07 bits per heavy atom. The summed E-state index contributed by atoms with van der Waals surface area (Å²) in [7, 11) is 0. The third-order valence-corrected chi connectivity index (χ3v) is 5.60. The molecule has 0 aliphatic carbocycles. The minimum atomic E-state index is -0.487. The Morgan fingerprint density at radius 1 is 1.37 bits per heavy atom. The van der Waals surface area contributed by atoms with Crippen molar-refractivity contribution in [1.29, 1.82) is 0 Å². The van der Waals surface area contributed by atoms with Gasteiger partial charge in [-0.2, -0.15) is 0 Å². The largest absolute Gasteiger partial charge is 0.441 e. The van der Waals surface area contributed by atoms with Crippen LogP contribution >= 0.6 is 0 Å². The number of carbonyl (C=O) groups is 2. The number of ether oxygens (including phenoxy) is 1. The van der Waals surface area contributed by atoms with E-state index in [9.17, 15) is 14.4 Å². The van der Waals surface area contributed by atoms with Crippen LogP contribution in [-0.2, 0) is 16.0 Å². The molecule has 1 spiro atoms. The molecule has 0 radical (unpaired) electrons. The lowest BCUT2D eigenvalue weighted by molar-refractivity contribution is -0.133. The van der Waals surface area contributed by atoms with Crippen molar-refractivity contribution in [2.45, 2.75) is 64.5 Å². The van der Waals surface area contributed by atoms with E-state index in [0.29, 0.717) is 43.9 Å². The Balaban J connectivity index is 1.58. The normalized spacial score (nSPS) is 20.0. The topological polar surface area (TPSA) is 95.6 Å². The number of nitrogens with one attached hydrogen (secondary N) is 1. The summed E-state index contributed by atoms with van der Waals surface area (Å²) >= 11 is 0. The van der Waals surface area contributed by atoms with E-state index in [4.69, 9.17) is 4.74 Å². The molecule has 148 valence electrons. The number of aromatic nitrogens is 2. The number of piperidine rings is 1. The molecule has 27 heavy (non-hydrogen) atoms. The number of aryl methyl sites for hydroxylation is 1. The first-order valence-electron chi connectivity index (χ1n) is 9.66. The Labute approximate surface area is 158 Å². The van der Waals surface area contributed by atoms with E-state index >= 15 is 0 Å². The SMILES string of the molecule is CCC[C@@H](C)N1CC2(CCN(C(=O)Cc3cnc(C)[nH]c3=O)CC2)OC1=O. The Hall–Kier alpha value is -2.38. The molecule has 2 aliphatic heterocycles. The molecule has 0 aromatic carbocycles. The Bertz CT molecular complexity index is 767. The number of hydrogen-bond donors (Lipinski definition) is 1. The first-order chi connectivity index (χ1) is 12.8. The lowest BCUT2D eigenvalue weighted by Gasteiger charge is -2.37. The van der Waals surface area contributed by atoms with Crippen molar-refractivity contribution in [1.82, 2.24) is 19.8 Å². The molecule has 1 N–H and O–H groups in total. The van der Waals surface area contributed by atoms with Gasteiger partial charge in [-0.05, 0) is 20.3 Å². The van der Waals surface area contributed by atoms with E-state index in [-0.39, 0.29) is 30.0 Å². The number of rotatable bonds is 5. The molecule has 0 saturated carbocycles. The van der Waals surface area contributed by atoms with Crippen molar-refractivity contribution < 1.29 is 14.3 Å². The zero-order chi connectivity index (χ0) is 19.6. The summed E-state index contributed by atoms with van der Waals surface area (Å²) in [5.74, 6) is 0.433. The minimum Gasteiger partial charge on any atom is -0.441 e. The van der Waals surface area contributed by atoms with Crippen molar-refractivity contribution in [3.63, 3.8) is 0 Å². The molecule has 8 heteroatoms. The molecule has 2 amide bonds. The Morgan fingerprint density at radius 3 is 2.70 bits per heavy atom. The molecule has 1 atom stereocenters. The van der Waals surface area contributed by atoms with Gasteiger partial charge in [-0.15, -0.1) is 0 Å². The van der Waals surface area contributed by atoms with E-state index in [1.54, 1.807) is 11.8 Å². The van der Waals surface area contributed by atoms with Crippen LogP contribution in [0.15, 0.2) is 11.0 Å². The highest BCUT2D eigenvalue weighted by molar-refractivity contribution is 5.79. The van der Waals surface area contributed by atoms with Gasteiger partial charge in [0.1, 0.15) is 11.4 Å². The average Bonchev–Trinajstić information content (AvgIpc) is 2.94. The molecule has 0 unspecified atom stereocenters. The zero-order valence-electron chi connectivity index (χ0n) is 16.3. The van der Waals surface area contributed by atoms with Crippen molar-refractivity contribution >= 4 is 12.0 Å². The van der Waals surface area contributed by atoms with E-state index in [0.717, 1.165) is 12.8 Å². The van der Waals surface area contributed by atoms with E-state index in [2.05, 4.69) is 23.8 Å². The third-order valence-electron chi connectivity index (χ3n) is 5.60. The van der Waals surface area contributed by atoms with Crippen LogP contribution < -0.4 is 5.56 Å². The zero-order valence-corrected chi connectivity index (χ0v) is 16.3.